The van der Waals surface area contributed by atoms with Crippen molar-refractivity contribution in [1.29, 1.82) is 0 Å². The second kappa shape index (κ2) is 12.7. The highest BCUT2D eigenvalue weighted by molar-refractivity contribution is 7.99. The second-order valence-corrected chi connectivity index (χ2v) is 9.90. The molecular formula is C24H28N4O6S2. The molecule has 0 unspecified atom stereocenters. The Morgan fingerprint density at radius 3 is 2.89 bits per heavy atom. The van der Waals surface area contributed by atoms with Gasteiger partial charge in [0.2, 0.25) is 18.6 Å². The van der Waals surface area contributed by atoms with E-state index in [2.05, 4.69) is 15.6 Å². The Bertz CT molecular complexity index is 1280. The highest BCUT2D eigenvalue weighted by Crippen LogP contribution is 2.32. The van der Waals surface area contributed by atoms with E-state index in [9.17, 15) is 14.4 Å². The zero-order valence-electron chi connectivity index (χ0n) is 19.9. The topological polar surface area (TPSA) is 121 Å². The van der Waals surface area contributed by atoms with E-state index >= 15 is 0 Å². The van der Waals surface area contributed by atoms with E-state index in [1.54, 1.807) is 17.7 Å². The summed E-state index contributed by atoms with van der Waals surface area (Å²) in [4.78, 5) is 42.3. The molecule has 3 heterocycles. The van der Waals surface area contributed by atoms with E-state index in [0.29, 0.717) is 59.5 Å². The van der Waals surface area contributed by atoms with Crippen LogP contribution in [0.4, 0.5) is 0 Å². The van der Waals surface area contributed by atoms with Gasteiger partial charge in [0.25, 0.3) is 5.56 Å². The van der Waals surface area contributed by atoms with Gasteiger partial charge in [-0.25, -0.2) is 4.98 Å². The molecule has 2 aromatic heterocycles. The summed E-state index contributed by atoms with van der Waals surface area (Å²) in [6, 6.07) is 7.35. The molecule has 0 radical (unpaired) electrons. The first-order chi connectivity index (χ1) is 17.5. The standard InChI is InChI=1S/C24H28N4O6S2/c1-32-10-3-8-25-21(30)14-36-24-27-17-7-11-35-22(17)23(31)28(24)9-2-4-20(29)26-13-16-5-6-18-19(12-16)34-15-33-18/h5-7,11-12H,2-4,8-10,13-15H2,1H3,(H,25,30)(H,26,29). The fraction of sp³-hybridized carbons (Fsp3) is 0.417. The number of thioether (sulfide) groups is 1. The Hall–Kier alpha value is -3.09. The zero-order chi connectivity index (χ0) is 25.3. The van der Waals surface area contributed by atoms with Crippen LogP contribution in [0.5, 0.6) is 11.5 Å². The van der Waals surface area contributed by atoms with E-state index in [0.717, 1.165) is 12.0 Å². The van der Waals surface area contributed by atoms with Crippen molar-refractivity contribution in [2.75, 3.05) is 32.8 Å². The lowest BCUT2D eigenvalue weighted by Crippen LogP contribution is -2.28. The lowest BCUT2D eigenvalue weighted by molar-refractivity contribution is -0.121. The van der Waals surface area contributed by atoms with E-state index in [4.69, 9.17) is 14.2 Å². The van der Waals surface area contributed by atoms with E-state index < -0.39 is 0 Å². The van der Waals surface area contributed by atoms with Crippen LogP contribution < -0.4 is 25.7 Å². The average Bonchev–Trinajstić information content (AvgIpc) is 3.55. The minimum absolute atomic E-state index is 0.115. The number of rotatable bonds is 13. The summed E-state index contributed by atoms with van der Waals surface area (Å²) in [5.74, 6) is 1.27. The van der Waals surface area contributed by atoms with Gasteiger partial charge in [-0.05, 0) is 42.0 Å². The number of hydrogen-bond donors (Lipinski definition) is 2. The van der Waals surface area contributed by atoms with Crippen molar-refractivity contribution < 1.29 is 23.8 Å². The molecule has 10 nitrogen and oxygen atoms in total. The fourth-order valence-electron chi connectivity index (χ4n) is 3.59. The van der Waals surface area contributed by atoms with E-state index in [1.165, 1.54) is 23.1 Å². The molecule has 2 N–H and O–H groups in total. The number of hydrogen-bond acceptors (Lipinski definition) is 9. The van der Waals surface area contributed by atoms with Crippen molar-refractivity contribution in [3.63, 3.8) is 0 Å². The van der Waals surface area contributed by atoms with Gasteiger partial charge in [0.05, 0.1) is 11.3 Å². The van der Waals surface area contributed by atoms with Crippen LogP contribution in [0.15, 0.2) is 39.6 Å². The number of carbonyl (C=O) groups is 2. The maximum Gasteiger partial charge on any atom is 0.272 e. The molecule has 0 bridgehead atoms. The van der Waals surface area contributed by atoms with Gasteiger partial charge in [-0.3, -0.25) is 19.0 Å². The van der Waals surface area contributed by atoms with Crippen molar-refractivity contribution in [2.45, 2.75) is 37.5 Å². The van der Waals surface area contributed by atoms with E-state index in [1.807, 2.05) is 23.6 Å². The van der Waals surface area contributed by atoms with Gasteiger partial charge in [-0.15, -0.1) is 11.3 Å². The third-order valence-electron chi connectivity index (χ3n) is 5.42. The van der Waals surface area contributed by atoms with Crippen LogP contribution in [0.3, 0.4) is 0 Å². The molecule has 2 amide bonds. The SMILES string of the molecule is COCCCNC(=O)CSc1nc2ccsc2c(=O)n1CCCC(=O)NCc1ccc2c(c1)OCO2. The van der Waals surface area contributed by atoms with Gasteiger partial charge in [0, 0.05) is 39.8 Å². The predicted octanol–water partition coefficient (Wildman–Crippen LogP) is 2.53. The molecule has 0 fully saturated rings. The van der Waals surface area contributed by atoms with Crippen LogP contribution in [0.2, 0.25) is 0 Å². The third kappa shape index (κ3) is 6.77. The van der Waals surface area contributed by atoms with Crippen molar-refractivity contribution in [3.05, 3.63) is 45.6 Å². The van der Waals surface area contributed by atoms with Crippen molar-refractivity contribution in [2.24, 2.45) is 0 Å². The first-order valence-corrected chi connectivity index (χ1v) is 13.4. The maximum absolute atomic E-state index is 13.1. The van der Waals surface area contributed by atoms with Crippen LogP contribution >= 0.6 is 23.1 Å². The van der Waals surface area contributed by atoms with Gasteiger partial charge in [0.15, 0.2) is 16.7 Å². The first kappa shape index (κ1) is 26.0. The number of benzene rings is 1. The largest absolute Gasteiger partial charge is 0.454 e. The maximum atomic E-state index is 13.1. The van der Waals surface area contributed by atoms with Crippen molar-refractivity contribution in [1.82, 2.24) is 20.2 Å². The fourth-order valence-corrected chi connectivity index (χ4v) is 5.23. The third-order valence-corrected chi connectivity index (χ3v) is 7.29. The summed E-state index contributed by atoms with van der Waals surface area (Å²) < 4.78 is 17.8. The quantitative estimate of drug-likeness (QED) is 0.196. The molecule has 192 valence electrons. The van der Waals surface area contributed by atoms with Crippen molar-refractivity contribution in [3.8, 4) is 11.5 Å². The van der Waals surface area contributed by atoms with Crippen LogP contribution in [0.25, 0.3) is 10.2 Å². The molecular weight excluding hydrogens is 504 g/mol. The number of ether oxygens (including phenoxy) is 3. The molecule has 0 spiro atoms. The molecule has 0 atom stereocenters. The van der Waals surface area contributed by atoms with Crippen LogP contribution in [0, 0.1) is 0 Å². The Morgan fingerprint density at radius 1 is 1.17 bits per heavy atom. The highest BCUT2D eigenvalue weighted by Gasteiger charge is 2.16. The number of methoxy groups -OCH3 is 1. The molecule has 4 rings (SSSR count). The summed E-state index contributed by atoms with van der Waals surface area (Å²) in [6.45, 7) is 2.01. The Labute approximate surface area is 216 Å². The zero-order valence-corrected chi connectivity index (χ0v) is 21.5. The summed E-state index contributed by atoms with van der Waals surface area (Å²) in [7, 11) is 1.62. The van der Waals surface area contributed by atoms with Gasteiger partial charge in [-0.2, -0.15) is 0 Å². The number of amides is 2. The van der Waals surface area contributed by atoms with E-state index in [-0.39, 0.29) is 36.3 Å². The lowest BCUT2D eigenvalue weighted by Gasteiger charge is -2.12. The summed E-state index contributed by atoms with van der Waals surface area (Å²) >= 11 is 2.55. The number of nitrogens with zero attached hydrogens (tertiary/aromatic N) is 2. The number of carbonyl (C=O) groups excluding carboxylic acids is 2. The lowest BCUT2D eigenvalue weighted by atomic mass is 10.2. The van der Waals surface area contributed by atoms with Crippen LogP contribution in [-0.2, 0) is 27.4 Å². The number of aromatic nitrogens is 2. The number of nitrogens with one attached hydrogen (secondary N) is 2. The summed E-state index contributed by atoms with van der Waals surface area (Å²) in [5.41, 5.74) is 1.37. The Morgan fingerprint density at radius 2 is 2.03 bits per heavy atom. The van der Waals surface area contributed by atoms with Gasteiger partial charge in [0.1, 0.15) is 4.70 Å². The molecule has 1 aliphatic rings. The Kier molecular flexibility index (Phi) is 9.20. The molecule has 3 aromatic rings. The molecule has 0 aliphatic carbocycles. The van der Waals surface area contributed by atoms with Gasteiger partial charge >= 0.3 is 0 Å². The minimum Gasteiger partial charge on any atom is -0.454 e. The van der Waals surface area contributed by atoms with Crippen molar-refractivity contribution >= 4 is 45.1 Å². The van der Waals surface area contributed by atoms with Gasteiger partial charge < -0.3 is 24.8 Å². The summed E-state index contributed by atoms with van der Waals surface area (Å²) in [5, 5.41) is 8.02. The van der Waals surface area contributed by atoms with Crippen LogP contribution in [-0.4, -0.2) is 54.2 Å². The normalized spacial score (nSPS) is 12.1. The van der Waals surface area contributed by atoms with Gasteiger partial charge in [-0.1, -0.05) is 17.8 Å². The number of thiophene rings is 1. The second-order valence-electron chi connectivity index (χ2n) is 8.04. The molecule has 36 heavy (non-hydrogen) atoms. The molecule has 0 saturated carbocycles. The molecule has 12 heteroatoms. The monoisotopic (exact) mass is 532 g/mol. The molecule has 1 aromatic carbocycles. The summed E-state index contributed by atoms with van der Waals surface area (Å²) in [6.07, 6.45) is 1.44. The predicted molar refractivity (Wildman–Crippen MR) is 138 cm³/mol. The first-order valence-electron chi connectivity index (χ1n) is 11.6. The Balaban J connectivity index is 1.31. The number of fused-ring (bicyclic) bond motifs is 2. The molecule has 0 saturated heterocycles. The average molecular weight is 533 g/mol. The highest BCUT2D eigenvalue weighted by atomic mass is 32.2. The molecule has 1 aliphatic heterocycles. The smallest absolute Gasteiger partial charge is 0.272 e. The van der Waals surface area contributed by atoms with Crippen LogP contribution in [0.1, 0.15) is 24.8 Å². The minimum atomic E-state index is -0.154.